The van der Waals surface area contributed by atoms with Gasteiger partial charge in [-0.3, -0.25) is 4.79 Å². The Morgan fingerprint density at radius 2 is 1.86 bits per heavy atom. The first kappa shape index (κ1) is 16.2. The molecule has 0 unspecified atom stereocenters. The smallest absolute Gasteiger partial charge is 0.220 e. The molecule has 0 saturated carbocycles. The molecule has 0 bridgehead atoms. The van der Waals surface area contributed by atoms with Crippen molar-refractivity contribution in [1.82, 2.24) is 9.78 Å². The first-order valence-corrected chi connectivity index (χ1v) is 8.67. The van der Waals surface area contributed by atoms with Crippen LogP contribution in [-0.4, -0.2) is 35.3 Å². The summed E-state index contributed by atoms with van der Waals surface area (Å²) in [5.74, 6) is -0.561. The number of aryl methyl sites for hydroxylation is 1. The lowest BCUT2D eigenvalue weighted by atomic mass is 9.97. The van der Waals surface area contributed by atoms with Crippen LogP contribution in [0.5, 0.6) is 5.88 Å². The molecule has 0 aliphatic carbocycles. The molecular formula is C15H18N2O4S. The van der Waals surface area contributed by atoms with E-state index in [2.05, 4.69) is 5.10 Å². The maximum absolute atomic E-state index is 12.6. The number of hydrogen-bond acceptors (Lipinski definition) is 5. The molecule has 22 heavy (non-hydrogen) atoms. The number of hydrogen-bond donors (Lipinski definition) is 1. The number of sulfone groups is 1. The monoisotopic (exact) mass is 322 g/mol. The van der Waals surface area contributed by atoms with Crippen molar-refractivity contribution in [2.75, 3.05) is 6.26 Å². The molecule has 2 aromatic rings. The molecule has 0 radical (unpaired) electrons. The third-order valence-corrected chi connectivity index (χ3v) is 4.98. The first-order valence-electron chi connectivity index (χ1n) is 6.78. The number of nitrogens with zero attached hydrogens (tertiary/aromatic N) is 2. The van der Waals surface area contributed by atoms with Crippen molar-refractivity contribution in [3.8, 4) is 5.88 Å². The van der Waals surface area contributed by atoms with Gasteiger partial charge in [-0.1, -0.05) is 0 Å². The van der Waals surface area contributed by atoms with Gasteiger partial charge in [-0.25, -0.2) is 13.1 Å². The summed E-state index contributed by atoms with van der Waals surface area (Å²) in [5, 5.41) is 13.9. The lowest BCUT2D eigenvalue weighted by Crippen LogP contribution is -2.08. The van der Waals surface area contributed by atoms with Gasteiger partial charge in [0.05, 0.1) is 11.1 Å². The van der Waals surface area contributed by atoms with Crippen molar-refractivity contribution < 1.29 is 18.3 Å². The van der Waals surface area contributed by atoms with E-state index in [0.717, 1.165) is 6.26 Å². The van der Waals surface area contributed by atoms with Crippen molar-refractivity contribution in [3.05, 3.63) is 40.6 Å². The predicted molar refractivity (Wildman–Crippen MR) is 82.0 cm³/mol. The third-order valence-electron chi connectivity index (χ3n) is 3.74. The fourth-order valence-electron chi connectivity index (χ4n) is 2.36. The average molecular weight is 322 g/mol. The van der Waals surface area contributed by atoms with Crippen molar-refractivity contribution in [2.45, 2.75) is 32.2 Å². The van der Waals surface area contributed by atoms with Gasteiger partial charge in [-0.2, -0.15) is 5.10 Å². The SMILES string of the molecule is CCn1ncc(C(=O)c2ccc(S(C)(=O)=O)c(C)c2C)c1O. The van der Waals surface area contributed by atoms with Gasteiger partial charge >= 0.3 is 0 Å². The topological polar surface area (TPSA) is 89.3 Å². The molecule has 0 aliphatic rings. The van der Waals surface area contributed by atoms with Gasteiger partial charge in [0.2, 0.25) is 5.88 Å². The van der Waals surface area contributed by atoms with Crippen LogP contribution in [0.3, 0.4) is 0 Å². The van der Waals surface area contributed by atoms with E-state index >= 15 is 0 Å². The second-order valence-corrected chi connectivity index (χ2v) is 7.14. The third kappa shape index (κ3) is 2.64. The van der Waals surface area contributed by atoms with Gasteiger partial charge < -0.3 is 5.11 Å². The van der Waals surface area contributed by atoms with Crippen molar-refractivity contribution >= 4 is 15.6 Å². The van der Waals surface area contributed by atoms with Crippen LogP contribution in [0.15, 0.2) is 23.2 Å². The first-order chi connectivity index (χ1) is 10.2. The zero-order chi connectivity index (χ0) is 16.7. The van der Waals surface area contributed by atoms with Crippen molar-refractivity contribution in [2.24, 2.45) is 0 Å². The zero-order valence-corrected chi connectivity index (χ0v) is 13.7. The van der Waals surface area contributed by atoms with Crippen LogP contribution < -0.4 is 0 Å². The number of carbonyl (C=O) groups excluding carboxylic acids is 1. The minimum absolute atomic E-state index is 0.108. The molecule has 1 N–H and O–H groups in total. The van der Waals surface area contributed by atoms with E-state index in [9.17, 15) is 18.3 Å². The summed E-state index contributed by atoms with van der Waals surface area (Å²) in [7, 11) is -3.35. The molecule has 0 atom stereocenters. The second kappa shape index (κ2) is 5.57. The zero-order valence-electron chi connectivity index (χ0n) is 12.9. The Kier molecular flexibility index (Phi) is 4.10. The quantitative estimate of drug-likeness (QED) is 0.868. The van der Waals surface area contributed by atoms with Crippen LogP contribution >= 0.6 is 0 Å². The molecule has 0 saturated heterocycles. The van der Waals surface area contributed by atoms with Gasteiger partial charge in [0.1, 0.15) is 5.56 Å². The van der Waals surface area contributed by atoms with E-state index in [1.165, 1.54) is 23.0 Å². The number of benzene rings is 1. The number of aromatic nitrogens is 2. The maximum Gasteiger partial charge on any atom is 0.220 e. The van der Waals surface area contributed by atoms with Gasteiger partial charge in [-0.05, 0) is 44.0 Å². The lowest BCUT2D eigenvalue weighted by molar-refractivity contribution is 0.103. The van der Waals surface area contributed by atoms with Gasteiger partial charge in [-0.15, -0.1) is 0 Å². The van der Waals surface area contributed by atoms with Crippen molar-refractivity contribution in [3.63, 3.8) is 0 Å². The van der Waals surface area contributed by atoms with Gasteiger partial charge in [0.15, 0.2) is 15.6 Å². The normalized spacial score (nSPS) is 11.6. The number of aromatic hydroxyl groups is 1. The summed E-state index contributed by atoms with van der Waals surface area (Å²) in [4.78, 5) is 12.8. The lowest BCUT2D eigenvalue weighted by Gasteiger charge is -2.11. The number of rotatable bonds is 4. The highest BCUT2D eigenvalue weighted by atomic mass is 32.2. The van der Waals surface area contributed by atoms with Crippen molar-refractivity contribution in [1.29, 1.82) is 0 Å². The minimum atomic E-state index is -3.35. The molecule has 118 valence electrons. The molecule has 0 fully saturated rings. The minimum Gasteiger partial charge on any atom is -0.493 e. The summed E-state index contributed by atoms with van der Waals surface area (Å²) in [5.41, 5.74) is 1.58. The molecule has 0 aliphatic heterocycles. The van der Waals surface area contributed by atoms with E-state index in [0.29, 0.717) is 23.2 Å². The standard InChI is InChI=1S/C15H18N2O4S/c1-5-17-15(19)12(8-16-17)14(18)11-6-7-13(22(4,20)21)10(3)9(11)2/h6-8,19H,5H2,1-4H3. The average Bonchev–Trinajstić information content (AvgIpc) is 2.80. The summed E-state index contributed by atoms with van der Waals surface area (Å²) in [6.45, 7) is 5.61. The van der Waals surface area contributed by atoms with E-state index in [1.807, 2.05) is 0 Å². The molecule has 1 heterocycles. The summed E-state index contributed by atoms with van der Waals surface area (Å²) in [6, 6.07) is 2.90. The van der Waals surface area contributed by atoms with Gasteiger partial charge in [0.25, 0.3) is 0 Å². The molecule has 0 spiro atoms. The Labute approximate surface area is 129 Å². The second-order valence-electron chi connectivity index (χ2n) is 5.16. The summed E-state index contributed by atoms with van der Waals surface area (Å²) < 4.78 is 24.7. The maximum atomic E-state index is 12.6. The summed E-state index contributed by atoms with van der Waals surface area (Å²) in [6.07, 6.45) is 2.45. The molecule has 1 aromatic heterocycles. The number of ketones is 1. The summed E-state index contributed by atoms with van der Waals surface area (Å²) >= 11 is 0. The van der Waals surface area contributed by atoms with Crippen LogP contribution in [-0.2, 0) is 16.4 Å². The van der Waals surface area contributed by atoms with E-state index in [4.69, 9.17) is 0 Å². The Balaban J connectivity index is 2.56. The molecule has 2 rings (SSSR count). The molecule has 1 aromatic carbocycles. The van der Waals surface area contributed by atoms with E-state index < -0.39 is 9.84 Å². The van der Waals surface area contributed by atoms with E-state index in [-0.39, 0.29) is 22.1 Å². The molecule has 7 heteroatoms. The molecular weight excluding hydrogens is 304 g/mol. The highest BCUT2D eigenvalue weighted by Gasteiger charge is 2.22. The van der Waals surface area contributed by atoms with Crippen LogP contribution in [0.2, 0.25) is 0 Å². The van der Waals surface area contributed by atoms with Gasteiger partial charge in [0, 0.05) is 18.4 Å². The van der Waals surface area contributed by atoms with Crippen LogP contribution in [0.25, 0.3) is 0 Å². The van der Waals surface area contributed by atoms with Crippen LogP contribution in [0.4, 0.5) is 0 Å². The Bertz CT molecular complexity index is 851. The predicted octanol–water partition coefficient (Wildman–Crippen LogP) is 1.86. The fourth-order valence-corrected chi connectivity index (χ4v) is 3.38. The molecule has 6 nitrogen and oxygen atoms in total. The highest BCUT2D eigenvalue weighted by molar-refractivity contribution is 7.90. The molecule has 0 amide bonds. The Hall–Kier alpha value is -2.15. The Morgan fingerprint density at radius 3 is 2.36 bits per heavy atom. The van der Waals surface area contributed by atoms with Crippen LogP contribution in [0, 0.1) is 13.8 Å². The largest absolute Gasteiger partial charge is 0.493 e. The fraction of sp³-hybridized carbons (Fsp3) is 0.333. The Morgan fingerprint density at radius 1 is 1.23 bits per heavy atom. The van der Waals surface area contributed by atoms with E-state index in [1.54, 1.807) is 20.8 Å². The van der Waals surface area contributed by atoms with Crippen LogP contribution in [0.1, 0.15) is 34.0 Å². The highest BCUT2D eigenvalue weighted by Crippen LogP contribution is 2.26. The number of carbonyl (C=O) groups is 1.